The van der Waals surface area contributed by atoms with Gasteiger partial charge in [-0.15, -0.1) is 0 Å². The maximum Gasteiger partial charge on any atom is 0.272 e. The minimum Gasteiger partial charge on any atom is -0.379 e. The Morgan fingerprint density at radius 1 is 1.03 bits per heavy atom. The van der Waals surface area contributed by atoms with E-state index in [1.165, 1.54) is 6.07 Å². The third-order valence-electron chi connectivity index (χ3n) is 5.21. The highest BCUT2D eigenvalue weighted by Crippen LogP contribution is 2.16. The molecule has 4 rings (SSSR count). The van der Waals surface area contributed by atoms with E-state index >= 15 is 0 Å². The van der Waals surface area contributed by atoms with E-state index in [9.17, 15) is 9.18 Å². The zero-order valence-corrected chi connectivity index (χ0v) is 16.3. The number of pyridine rings is 1. The number of aromatic nitrogens is 1. The van der Waals surface area contributed by atoms with Crippen LogP contribution in [0.5, 0.6) is 0 Å². The predicted molar refractivity (Wildman–Crippen MR) is 110 cm³/mol. The molecule has 0 saturated carbocycles. The number of amides is 1. The maximum atomic E-state index is 14.2. The summed E-state index contributed by atoms with van der Waals surface area (Å²) < 4.78 is 19.6. The Morgan fingerprint density at radius 3 is 2.62 bits per heavy atom. The van der Waals surface area contributed by atoms with Crippen LogP contribution in [0, 0.1) is 5.82 Å². The first kappa shape index (κ1) is 19.5. The number of para-hydroxylation sites is 1. The summed E-state index contributed by atoms with van der Waals surface area (Å²) in [6.07, 6.45) is 0. The van der Waals surface area contributed by atoms with E-state index in [1.807, 2.05) is 30.3 Å². The fraction of sp³-hybridized carbons (Fsp3) is 0.304. The number of ether oxygens (including phenoxy) is 1. The summed E-state index contributed by atoms with van der Waals surface area (Å²) in [5.74, 6) is -0.490. The summed E-state index contributed by atoms with van der Waals surface area (Å²) in [6.45, 7) is 4.52. The molecule has 0 radical (unpaired) electrons. The van der Waals surface area contributed by atoms with Crippen molar-refractivity contribution in [3.8, 4) is 0 Å². The predicted octanol–water partition coefficient (Wildman–Crippen LogP) is 3.35. The first-order valence-corrected chi connectivity index (χ1v) is 9.89. The van der Waals surface area contributed by atoms with Gasteiger partial charge in [0.25, 0.3) is 5.91 Å². The van der Waals surface area contributed by atoms with Crippen LogP contribution in [0.3, 0.4) is 0 Å². The summed E-state index contributed by atoms with van der Waals surface area (Å²) in [5, 5.41) is 0.984. The quantitative estimate of drug-likeness (QED) is 0.644. The molecule has 29 heavy (non-hydrogen) atoms. The largest absolute Gasteiger partial charge is 0.379 e. The van der Waals surface area contributed by atoms with E-state index < -0.39 is 0 Å². The van der Waals surface area contributed by atoms with Gasteiger partial charge in [-0.3, -0.25) is 9.69 Å². The van der Waals surface area contributed by atoms with Crippen LogP contribution >= 0.6 is 0 Å². The summed E-state index contributed by atoms with van der Waals surface area (Å²) in [6, 6.07) is 17.9. The van der Waals surface area contributed by atoms with Crippen molar-refractivity contribution < 1.29 is 13.9 Å². The lowest BCUT2D eigenvalue weighted by Crippen LogP contribution is -2.43. The van der Waals surface area contributed by atoms with Gasteiger partial charge in [0.05, 0.1) is 18.7 Å². The number of nitrogens with zero attached hydrogens (tertiary/aromatic N) is 3. The Labute approximate surface area is 169 Å². The zero-order valence-electron chi connectivity index (χ0n) is 16.3. The molecule has 1 saturated heterocycles. The van der Waals surface area contributed by atoms with Crippen molar-refractivity contribution in [2.45, 2.75) is 6.54 Å². The number of carbonyl (C=O) groups is 1. The number of rotatable bonds is 6. The lowest BCUT2D eigenvalue weighted by molar-refractivity contribution is 0.0319. The third-order valence-corrected chi connectivity index (χ3v) is 5.21. The highest BCUT2D eigenvalue weighted by Gasteiger charge is 2.21. The molecule has 2 heterocycles. The number of morpholine rings is 1. The summed E-state index contributed by atoms with van der Waals surface area (Å²) >= 11 is 0. The first-order valence-electron chi connectivity index (χ1n) is 9.89. The molecule has 1 aromatic heterocycles. The average molecular weight is 393 g/mol. The van der Waals surface area contributed by atoms with Crippen molar-refractivity contribution in [1.29, 1.82) is 0 Å². The molecule has 1 aliphatic heterocycles. The normalized spacial score (nSPS) is 14.8. The van der Waals surface area contributed by atoms with Gasteiger partial charge in [0.2, 0.25) is 0 Å². The fourth-order valence-electron chi connectivity index (χ4n) is 3.52. The molecular weight excluding hydrogens is 369 g/mol. The van der Waals surface area contributed by atoms with Crippen molar-refractivity contribution >= 4 is 16.8 Å². The SMILES string of the molecule is O=C(c1ccc2ccccc2n1)N(CCN1CCOCC1)Cc1ccccc1F. The standard InChI is InChI=1S/C23H24FN3O2/c24-20-7-3-1-6-19(20)17-27(12-11-26-13-15-29-16-14-26)23(28)22-10-9-18-5-2-4-8-21(18)25-22/h1-10H,11-17H2. The minimum atomic E-state index is -0.303. The summed E-state index contributed by atoms with van der Waals surface area (Å²) in [7, 11) is 0. The fourth-order valence-corrected chi connectivity index (χ4v) is 3.52. The molecular formula is C23H24FN3O2. The zero-order chi connectivity index (χ0) is 20.1. The van der Waals surface area contributed by atoms with Crippen molar-refractivity contribution in [2.24, 2.45) is 0 Å². The molecule has 1 aliphatic rings. The molecule has 0 spiro atoms. The van der Waals surface area contributed by atoms with Crippen molar-refractivity contribution in [3.63, 3.8) is 0 Å². The van der Waals surface area contributed by atoms with Crippen LogP contribution in [0.2, 0.25) is 0 Å². The lowest BCUT2D eigenvalue weighted by Gasteiger charge is -2.30. The first-order chi connectivity index (χ1) is 14.2. The Balaban J connectivity index is 1.56. The van der Waals surface area contributed by atoms with Gasteiger partial charge in [-0.05, 0) is 18.2 Å². The molecule has 0 bridgehead atoms. The third kappa shape index (κ3) is 4.78. The van der Waals surface area contributed by atoms with Gasteiger partial charge < -0.3 is 9.64 Å². The van der Waals surface area contributed by atoms with Gasteiger partial charge >= 0.3 is 0 Å². The Morgan fingerprint density at radius 2 is 1.79 bits per heavy atom. The van der Waals surface area contributed by atoms with Gasteiger partial charge in [0.1, 0.15) is 11.5 Å². The molecule has 6 heteroatoms. The van der Waals surface area contributed by atoms with E-state index in [1.54, 1.807) is 29.2 Å². The van der Waals surface area contributed by atoms with Gasteiger partial charge in [-0.1, -0.05) is 42.5 Å². The van der Waals surface area contributed by atoms with Gasteiger partial charge in [0, 0.05) is 43.7 Å². The number of halogens is 1. The number of benzene rings is 2. The number of hydrogen-bond donors (Lipinski definition) is 0. The maximum absolute atomic E-state index is 14.2. The van der Waals surface area contributed by atoms with E-state index in [4.69, 9.17) is 4.74 Å². The van der Waals surface area contributed by atoms with Crippen LogP contribution in [0.25, 0.3) is 10.9 Å². The summed E-state index contributed by atoms with van der Waals surface area (Å²) in [4.78, 5) is 21.8. The molecule has 3 aromatic rings. The number of carbonyl (C=O) groups excluding carboxylic acids is 1. The van der Waals surface area contributed by atoms with E-state index in [0.29, 0.717) is 31.0 Å². The van der Waals surface area contributed by atoms with Crippen LogP contribution in [-0.2, 0) is 11.3 Å². The molecule has 0 N–H and O–H groups in total. The van der Waals surface area contributed by atoms with E-state index in [0.717, 1.165) is 30.5 Å². The molecule has 5 nitrogen and oxygen atoms in total. The van der Waals surface area contributed by atoms with Crippen LogP contribution in [0.4, 0.5) is 4.39 Å². The smallest absolute Gasteiger partial charge is 0.272 e. The van der Waals surface area contributed by atoms with Gasteiger partial charge in [-0.2, -0.15) is 0 Å². The Kier molecular flexibility index (Phi) is 6.12. The van der Waals surface area contributed by atoms with Gasteiger partial charge in [0.15, 0.2) is 0 Å². The van der Waals surface area contributed by atoms with Crippen molar-refractivity contribution in [1.82, 2.24) is 14.8 Å². The molecule has 2 aromatic carbocycles. The molecule has 1 fully saturated rings. The highest BCUT2D eigenvalue weighted by molar-refractivity contribution is 5.94. The minimum absolute atomic E-state index is 0.188. The lowest BCUT2D eigenvalue weighted by atomic mass is 10.1. The topological polar surface area (TPSA) is 45.7 Å². The van der Waals surface area contributed by atoms with Crippen LogP contribution in [0.15, 0.2) is 60.7 Å². The molecule has 150 valence electrons. The molecule has 1 amide bonds. The highest BCUT2D eigenvalue weighted by atomic mass is 19.1. The Bertz CT molecular complexity index is 989. The molecule has 0 aliphatic carbocycles. The average Bonchev–Trinajstić information content (AvgIpc) is 2.77. The number of hydrogen-bond acceptors (Lipinski definition) is 4. The van der Waals surface area contributed by atoms with Gasteiger partial charge in [-0.25, -0.2) is 9.37 Å². The second kappa shape index (κ2) is 9.11. The monoisotopic (exact) mass is 393 g/mol. The second-order valence-corrected chi connectivity index (χ2v) is 7.16. The molecule has 0 atom stereocenters. The van der Waals surface area contributed by atoms with Crippen LogP contribution < -0.4 is 0 Å². The van der Waals surface area contributed by atoms with Crippen LogP contribution in [-0.4, -0.2) is 60.1 Å². The molecule has 0 unspecified atom stereocenters. The van der Waals surface area contributed by atoms with Crippen LogP contribution in [0.1, 0.15) is 16.1 Å². The van der Waals surface area contributed by atoms with Crippen molar-refractivity contribution in [2.75, 3.05) is 39.4 Å². The van der Waals surface area contributed by atoms with E-state index in [-0.39, 0.29) is 18.3 Å². The van der Waals surface area contributed by atoms with Crippen molar-refractivity contribution in [3.05, 3.63) is 77.7 Å². The second-order valence-electron chi connectivity index (χ2n) is 7.16. The number of fused-ring (bicyclic) bond motifs is 1. The Hall–Kier alpha value is -2.83. The van der Waals surface area contributed by atoms with E-state index in [2.05, 4.69) is 9.88 Å². The summed E-state index contributed by atoms with van der Waals surface area (Å²) in [5.41, 5.74) is 1.66.